The maximum atomic E-state index is 7.30. The molecule has 1 aromatic heterocycles. The van der Waals surface area contributed by atoms with Gasteiger partial charge in [0, 0.05) is 11.8 Å². The summed E-state index contributed by atoms with van der Waals surface area (Å²) in [4.78, 5) is 4.91. The highest BCUT2D eigenvalue weighted by molar-refractivity contribution is 7.16. The molecule has 0 saturated carbocycles. The minimum atomic E-state index is 0.0530. The van der Waals surface area contributed by atoms with Crippen LogP contribution >= 0.6 is 11.3 Å². The van der Waals surface area contributed by atoms with E-state index in [2.05, 4.69) is 4.98 Å². The summed E-state index contributed by atoms with van der Waals surface area (Å²) in [6.45, 7) is 0. The molecule has 0 aliphatic carbocycles. The lowest BCUT2D eigenvalue weighted by Gasteiger charge is -1.99. The first-order valence-corrected chi connectivity index (χ1v) is 5.47. The summed E-state index contributed by atoms with van der Waals surface area (Å²) in [5.74, 6) is 0.865. The molecule has 0 bridgehead atoms. The number of amidine groups is 1. The van der Waals surface area contributed by atoms with Crippen molar-refractivity contribution >= 4 is 17.2 Å². The number of aromatic nitrogens is 1. The summed E-state index contributed by atoms with van der Waals surface area (Å²) in [5, 5.41) is 8.16. The van der Waals surface area contributed by atoms with E-state index in [1.807, 2.05) is 24.3 Å². The Morgan fingerprint density at radius 1 is 1.38 bits per heavy atom. The molecule has 0 radical (unpaired) electrons. The van der Waals surface area contributed by atoms with Crippen molar-refractivity contribution in [3.63, 3.8) is 0 Å². The first kappa shape index (κ1) is 10.6. The Morgan fingerprint density at radius 2 is 2.06 bits per heavy atom. The summed E-state index contributed by atoms with van der Waals surface area (Å²) in [6, 6.07) is 7.62. The second-order valence-corrected chi connectivity index (χ2v) is 4.20. The highest BCUT2D eigenvalue weighted by Crippen LogP contribution is 2.26. The zero-order chi connectivity index (χ0) is 11.5. The highest BCUT2D eigenvalue weighted by Gasteiger charge is 2.06. The molecular weight excluding hydrogens is 222 g/mol. The minimum Gasteiger partial charge on any atom is -0.497 e. The number of benzene rings is 1. The molecule has 2 rings (SSSR count). The van der Waals surface area contributed by atoms with Gasteiger partial charge in [-0.1, -0.05) is 0 Å². The van der Waals surface area contributed by atoms with E-state index in [0.29, 0.717) is 4.88 Å². The van der Waals surface area contributed by atoms with Crippen LogP contribution in [0, 0.1) is 5.41 Å². The molecule has 0 unspecified atom stereocenters. The molecule has 0 fully saturated rings. The van der Waals surface area contributed by atoms with Crippen LogP contribution in [-0.2, 0) is 0 Å². The molecule has 3 N–H and O–H groups in total. The zero-order valence-electron chi connectivity index (χ0n) is 8.73. The summed E-state index contributed by atoms with van der Waals surface area (Å²) in [7, 11) is 1.63. The van der Waals surface area contributed by atoms with E-state index in [9.17, 15) is 0 Å². The third-order valence-electron chi connectivity index (χ3n) is 2.11. The highest BCUT2D eigenvalue weighted by atomic mass is 32.1. The van der Waals surface area contributed by atoms with Gasteiger partial charge >= 0.3 is 0 Å². The number of nitrogens with two attached hydrogens (primary N) is 1. The van der Waals surface area contributed by atoms with Crippen molar-refractivity contribution < 1.29 is 4.74 Å². The fourth-order valence-electron chi connectivity index (χ4n) is 1.27. The number of thiazole rings is 1. The van der Waals surface area contributed by atoms with Crippen molar-refractivity contribution in [1.82, 2.24) is 4.98 Å². The van der Waals surface area contributed by atoms with Crippen LogP contribution in [0.1, 0.15) is 4.88 Å². The number of nitrogens with zero attached hydrogens (tertiary/aromatic N) is 1. The lowest BCUT2D eigenvalue weighted by atomic mass is 10.2. The second-order valence-electron chi connectivity index (χ2n) is 3.17. The van der Waals surface area contributed by atoms with Crippen LogP contribution in [0.2, 0.25) is 0 Å². The van der Waals surface area contributed by atoms with Crippen LogP contribution in [0.5, 0.6) is 5.75 Å². The minimum absolute atomic E-state index is 0.0530. The van der Waals surface area contributed by atoms with Crippen LogP contribution in [-0.4, -0.2) is 17.9 Å². The monoisotopic (exact) mass is 233 g/mol. The number of nitrogens with one attached hydrogen (secondary N) is 1. The molecule has 0 saturated heterocycles. The van der Waals surface area contributed by atoms with Crippen molar-refractivity contribution in [3.8, 4) is 16.3 Å². The Morgan fingerprint density at radius 3 is 2.56 bits per heavy atom. The molecule has 0 spiro atoms. The smallest absolute Gasteiger partial charge is 0.134 e. The molecule has 2 aromatic rings. The van der Waals surface area contributed by atoms with Crippen molar-refractivity contribution in [2.45, 2.75) is 0 Å². The topological polar surface area (TPSA) is 72.0 Å². The average Bonchev–Trinajstić information content (AvgIpc) is 2.78. The molecule has 1 heterocycles. The first-order valence-electron chi connectivity index (χ1n) is 4.65. The Labute approximate surface area is 97.2 Å². The predicted molar refractivity (Wildman–Crippen MR) is 65.1 cm³/mol. The molecule has 0 aliphatic rings. The van der Waals surface area contributed by atoms with Gasteiger partial charge in [-0.05, 0) is 24.3 Å². The van der Waals surface area contributed by atoms with Gasteiger partial charge in [-0.3, -0.25) is 5.41 Å². The Hall–Kier alpha value is -1.88. The first-order chi connectivity index (χ1) is 7.70. The zero-order valence-corrected chi connectivity index (χ0v) is 9.54. The molecule has 82 valence electrons. The lowest BCUT2D eigenvalue weighted by Crippen LogP contribution is -2.08. The van der Waals surface area contributed by atoms with Gasteiger partial charge in [-0.25, -0.2) is 4.98 Å². The van der Waals surface area contributed by atoms with Gasteiger partial charge in [-0.15, -0.1) is 11.3 Å². The van der Waals surface area contributed by atoms with Crippen molar-refractivity contribution in [2.24, 2.45) is 5.73 Å². The SMILES string of the molecule is COc1ccc(-c2ncc(C(=N)N)s2)cc1. The van der Waals surface area contributed by atoms with Gasteiger partial charge in [0.25, 0.3) is 0 Å². The lowest BCUT2D eigenvalue weighted by molar-refractivity contribution is 0.415. The predicted octanol–water partition coefficient (Wildman–Crippen LogP) is 2.10. The van der Waals surface area contributed by atoms with Gasteiger partial charge in [-0.2, -0.15) is 0 Å². The largest absolute Gasteiger partial charge is 0.497 e. The van der Waals surface area contributed by atoms with Crippen molar-refractivity contribution in [1.29, 1.82) is 5.41 Å². The second kappa shape index (κ2) is 4.32. The van der Waals surface area contributed by atoms with Gasteiger partial charge in [0.2, 0.25) is 0 Å². The molecule has 5 heteroatoms. The number of ether oxygens (including phenoxy) is 1. The fraction of sp³-hybridized carbons (Fsp3) is 0.0909. The molecule has 0 amide bonds. The van der Waals surface area contributed by atoms with Crippen molar-refractivity contribution in [3.05, 3.63) is 35.3 Å². The summed E-state index contributed by atoms with van der Waals surface area (Å²) < 4.78 is 5.08. The van der Waals surface area contributed by atoms with E-state index in [0.717, 1.165) is 16.3 Å². The van der Waals surface area contributed by atoms with Crippen LogP contribution in [0.3, 0.4) is 0 Å². The molecule has 4 nitrogen and oxygen atoms in total. The third-order valence-corrected chi connectivity index (χ3v) is 3.19. The molecule has 0 aliphatic heterocycles. The average molecular weight is 233 g/mol. The van der Waals surface area contributed by atoms with E-state index in [1.54, 1.807) is 13.3 Å². The van der Waals surface area contributed by atoms with Crippen LogP contribution in [0.15, 0.2) is 30.5 Å². The summed E-state index contributed by atoms with van der Waals surface area (Å²) in [5.41, 5.74) is 6.38. The summed E-state index contributed by atoms with van der Waals surface area (Å²) >= 11 is 1.41. The Balaban J connectivity index is 2.31. The fourth-order valence-corrected chi connectivity index (χ4v) is 2.05. The summed E-state index contributed by atoms with van der Waals surface area (Å²) in [6.07, 6.45) is 1.62. The van der Waals surface area contributed by atoms with Crippen molar-refractivity contribution in [2.75, 3.05) is 7.11 Å². The van der Waals surface area contributed by atoms with E-state index in [1.165, 1.54) is 11.3 Å². The molecule has 0 atom stereocenters. The van der Waals surface area contributed by atoms with Crippen LogP contribution < -0.4 is 10.5 Å². The Kier molecular flexibility index (Phi) is 2.87. The van der Waals surface area contributed by atoms with Gasteiger partial charge < -0.3 is 10.5 Å². The standard InChI is InChI=1S/C11H11N3OS/c1-15-8-4-2-7(3-5-8)11-14-6-9(16-11)10(12)13/h2-6H,1H3,(H3,12,13). The number of hydrogen-bond donors (Lipinski definition) is 2. The van der Waals surface area contributed by atoms with E-state index in [-0.39, 0.29) is 5.84 Å². The van der Waals surface area contributed by atoms with Gasteiger partial charge in [0.05, 0.1) is 12.0 Å². The number of hydrogen-bond acceptors (Lipinski definition) is 4. The maximum Gasteiger partial charge on any atom is 0.134 e. The van der Waals surface area contributed by atoms with Gasteiger partial charge in [0.1, 0.15) is 16.6 Å². The molecule has 16 heavy (non-hydrogen) atoms. The Bertz CT molecular complexity index is 504. The van der Waals surface area contributed by atoms with E-state index in [4.69, 9.17) is 15.9 Å². The number of nitrogen functional groups attached to an aromatic ring is 1. The number of rotatable bonds is 3. The van der Waals surface area contributed by atoms with Crippen LogP contribution in [0.25, 0.3) is 10.6 Å². The number of methoxy groups -OCH3 is 1. The van der Waals surface area contributed by atoms with E-state index >= 15 is 0 Å². The van der Waals surface area contributed by atoms with Crippen LogP contribution in [0.4, 0.5) is 0 Å². The third kappa shape index (κ3) is 2.04. The maximum absolute atomic E-state index is 7.30. The molecule has 1 aromatic carbocycles. The van der Waals surface area contributed by atoms with E-state index < -0.39 is 0 Å². The van der Waals surface area contributed by atoms with Gasteiger partial charge in [0.15, 0.2) is 0 Å². The molecular formula is C11H11N3OS. The normalized spacial score (nSPS) is 10.1. The quantitative estimate of drug-likeness (QED) is 0.630.